The summed E-state index contributed by atoms with van der Waals surface area (Å²) in [5, 5.41) is 14.7. The summed E-state index contributed by atoms with van der Waals surface area (Å²) in [5.41, 5.74) is 4.68. The molecule has 0 saturated heterocycles. The Balaban J connectivity index is 4.86. The average molecular weight is 289 g/mol. The van der Waals surface area contributed by atoms with E-state index in [2.05, 4.69) is 30.6 Å². The molecule has 5 nitrogen and oxygen atoms in total. The summed E-state index contributed by atoms with van der Waals surface area (Å²) < 4.78 is 0.0510. The van der Waals surface area contributed by atoms with E-state index in [9.17, 15) is 4.79 Å². The quantitative estimate of drug-likeness (QED) is 0.277. The Bertz CT molecular complexity index is 322. The Hall–Kier alpha value is -0.910. The first-order chi connectivity index (χ1) is 8.85. The maximum absolute atomic E-state index is 12.3. The third-order valence-corrected chi connectivity index (χ3v) is 5.76. The number of hydrogen-bond acceptors (Lipinski definition) is 4. The second-order valence-corrected chi connectivity index (χ2v) is 6.22. The molecule has 0 fully saturated rings. The van der Waals surface area contributed by atoms with Crippen LogP contribution in [-0.4, -0.2) is 34.5 Å². The summed E-state index contributed by atoms with van der Waals surface area (Å²) in [6, 6.07) is 0. The zero-order valence-electron chi connectivity index (χ0n) is 12.6. The summed E-state index contributed by atoms with van der Waals surface area (Å²) in [6.45, 7) is 8.37. The first-order valence-corrected chi connectivity index (χ1v) is 7.89. The third kappa shape index (κ3) is 4.03. The molecule has 0 aliphatic carbocycles. The minimum Gasteiger partial charge on any atom is -0.409 e. The van der Waals surface area contributed by atoms with Crippen molar-refractivity contribution in [1.29, 1.82) is 0 Å². The van der Waals surface area contributed by atoms with Gasteiger partial charge in [-0.2, -0.15) is 11.8 Å². The number of nitrogens with zero attached hydrogens (tertiary/aromatic N) is 1. The fraction of sp³-hybridized carbons (Fsp3) is 0.846. The summed E-state index contributed by atoms with van der Waals surface area (Å²) in [5.74, 6) is -0.235. The van der Waals surface area contributed by atoms with Gasteiger partial charge in [0.1, 0.15) is 5.41 Å². The van der Waals surface area contributed by atoms with Gasteiger partial charge in [0.05, 0.1) is 0 Å². The van der Waals surface area contributed by atoms with Crippen molar-refractivity contribution in [3.8, 4) is 0 Å². The van der Waals surface area contributed by atoms with Crippen LogP contribution in [0.3, 0.4) is 0 Å². The highest BCUT2D eigenvalue weighted by atomic mass is 32.2. The smallest absolute Gasteiger partial charge is 0.233 e. The van der Waals surface area contributed by atoms with E-state index < -0.39 is 5.41 Å². The molecule has 1 atom stereocenters. The molecule has 0 heterocycles. The molecule has 112 valence electrons. The highest BCUT2D eigenvalue weighted by molar-refractivity contribution is 8.00. The molecule has 0 rings (SSSR count). The topological polar surface area (TPSA) is 87.7 Å². The molecular weight excluding hydrogens is 262 g/mol. The molecule has 0 aliphatic heterocycles. The van der Waals surface area contributed by atoms with Gasteiger partial charge in [-0.25, -0.2) is 0 Å². The minimum absolute atomic E-state index is 0.0461. The average Bonchev–Trinajstić information content (AvgIpc) is 2.47. The van der Waals surface area contributed by atoms with Gasteiger partial charge < -0.3 is 16.3 Å². The molecule has 19 heavy (non-hydrogen) atoms. The fourth-order valence-electron chi connectivity index (χ4n) is 1.87. The Morgan fingerprint density at radius 1 is 1.32 bits per heavy atom. The lowest BCUT2D eigenvalue weighted by molar-refractivity contribution is -0.127. The van der Waals surface area contributed by atoms with E-state index in [1.54, 1.807) is 18.7 Å². The van der Waals surface area contributed by atoms with Crippen LogP contribution in [0.2, 0.25) is 0 Å². The van der Waals surface area contributed by atoms with Gasteiger partial charge >= 0.3 is 0 Å². The lowest BCUT2D eigenvalue weighted by Crippen LogP contribution is -2.50. The van der Waals surface area contributed by atoms with Crippen LogP contribution in [0, 0.1) is 5.41 Å². The van der Waals surface area contributed by atoms with Gasteiger partial charge in [-0.3, -0.25) is 4.79 Å². The zero-order chi connectivity index (χ0) is 15.1. The minimum atomic E-state index is -0.958. The summed E-state index contributed by atoms with van der Waals surface area (Å²) in [4.78, 5) is 12.3. The third-order valence-electron chi connectivity index (χ3n) is 4.17. The van der Waals surface area contributed by atoms with Crippen LogP contribution in [0.5, 0.6) is 0 Å². The van der Waals surface area contributed by atoms with E-state index in [0.29, 0.717) is 13.0 Å². The predicted octanol–water partition coefficient (Wildman–Crippen LogP) is 2.19. The van der Waals surface area contributed by atoms with Gasteiger partial charge in [-0.05, 0) is 32.4 Å². The van der Waals surface area contributed by atoms with E-state index in [0.717, 1.165) is 12.8 Å². The predicted molar refractivity (Wildman–Crippen MR) is 81.6 cm³/mol. The number of thioether (sulfide) groups is 1. The van der Waals surface area contributed by atoms with Crippen molar-refractivity contribution in [3.05, 3.63) is 0 Å². The number of oxime groups is 1. The second-order valence-electron chi connectivity index (χ2n) is 4.95. The van der Waals surface area contributed by atoms with Crippen molar-refractivity contribution in [2.75, 3.05) is 12.8 Å². The molecule has 6 heteroatoms. The van der Waals surface area contributed by atoms with Crippen LogP contribution in [0.15, 0.2) is 5.16 Å². The summed E-state index contributed by atoms with van der Waals surface area (Å²) in [6.07, 6.45) is 4.51. The molecule has 0 radical (unpaired) electrons. The molecule has 0 spiro atoms. The van der Waals surface area contributed by atoms with Gasteiger partial charge in [-0.1, -0.05) is 25.9 Å². The number of amidine groups is 1. The highest BCUT2D eigenvalue weighted by Crippen LogP contribution is 2.30. The Kier molecular flexibility index (Phi) is 7.26. The maximum Gasteiger partial charge on any atom is 0.233 e. The lowest BCUT2D eigenvalue weighted by atomic mass is 9.85. The molecular formula is C13H27N3O2S. The molecule has 0 bridgehead atoms. The maximum atomic E-state index is 12.3. The van der Waals surface area contributed by atoms with Crippen LogP contribution in [0.4, 0.5) is 0 Å². The first-order valence-electron chi connectivity index (χ1n) is 6.67. The van der Waals surface area contributed by atoms with E-state index in [4.69, 9.17) is 10.9 Å². The number of amides is 1. The van der Waals surface area contributed by atoms with Crippen LogP contribution < -0.4 is 11.1 Å². The number of rotatable bonds is 8. The van der Waals surface area contributed by atoms with Gasteiger partial charge in [0.15, 0.2) is 5.84 Å². The number of nitrogens with one attached hydrogen (secondary N) is 1. The number of nitrogens with two attached hydrogens (primary N) is 1. The highest BCUT2D eigenvalue weighted by Gasteiger charge is 2.37. The van der Waals surface area contributed by atoms with E-state index >= 15 is 0 Å². The van der Waals surface area contributed by atoms with Gasteiger partial charge in [-0.15, -0.1) is 0 Å². The molecule has 4 N–H and O–H groups in total. The van der Waals surface area contributed by atoms with Crippen LogP contribution >= 0.6 is 11.8 Å². The molecule has 0 saturated carbocycles. The van der Waals surface area contributed by atoms with Crippen LogP contribution in [-0.2, 0) is 4.79 Å². The van der Waals surface area contributed by atoms with Crippen LogP contribution in [0.1, 0.15) is 47.0 Å². The van der Waals surface area contributed by atoms with E-state index in [-0.39, 0.29) is 16.5 Å². The fourth-order valence-corrected chi connectivity index (χ4v) is 2.66. The SMILES string of the molecule is CCC(CC)(CNC(=O)C(C)(CC)C(N)=NO)SC. The van der Waals surface area contributed by atoms with E-state index in [1.165, 1.54) is 0 Å². The Labute approximate surface area is 120 Å². The number of hydrogen-bond donors (Lipinski definition) is 3. The summed E-state index contributed by atoms with van der Waals surface area (Å²) in [7, 11) is 0. The van der Waals surface area contributed by atoms with Gasteiger partial charge in [0.2, 0.25) is 5.91 Å². The lowest BCUT2D eigenvalue weighted by Gasteiger charge is -2.32. The van der Waals surface area contributed by atoms with Crippen molar-refractivity contribution >= 4 is 23.5 Å². The number of carbonyl (C=O) groups excluding carboxylic acids is 1. The molecule has 0 aliphatic rings. The van der Waals surface area contributed by atoms with E-state index in [1.807, 2.05) is 6.92 Å². The van der Waals surface area contributed by atoms with Crippen molar-refractivity contribution in [2.24, 2.45) is 16.3 Å². The van der Waals surface area contributed by atoms with Crippen molar-refractivity contribution in [3.63, 3.8) is 0 Å². The van der Waals surface area contributed by atoms with Crippen molar-refractivity contribution < 1.29 is 10.0 Å². The summed E-state index contributed by atoms with van der Waals surface area (Å²) >= 11 is 1.77. The molecule has 0 aromatic rings. The number of carbonyl (C=O) groups is 1. The second kappa shape index (κ2) is 7.62. The van der Waals surface area contributed by atoms with Gasteiger partial charge in [0.25, 0.3) is 0 Å². The largest absolute Gasteiger partial charge is 0.409 e. The first kappa shape index (κ1) is 18.1. The van der Waals surface area contributed by atoms with Crippen molar-refractivity contribution in [2.45, 2.75) is 51.7 Å². The molecule has 1 unspecified atom stereocenters. The monoisotopic (exact) mass is 289 g/mol. The molecule has 0 aromatic heterocycles. The standard InChI is InChI=1S/C13H27N3O2S/c1-6-12(4,10(14)16-18)11(17)15-9-13(7-2,8-3)19-5/h18H,6-9H2,1-5H3,(H2,14,16)(H,15,17). The Morgan fingerprint density at radius 3 is 2.16 bits per heavy atom. The Morgan fingerprint density at radius 2 is 1.84 bits per heavy atom. The zero-order valence-corrected chi connectivity index (χ0v) is 13.4. The van der Waals surface area contributed by atoms with Gasteiger partial charge in [0, 0.05) is 11.3 Å². The van der Waals surface area contributed by atoms with Crippen molar-refractivity contribution in [1.82, 2.24) is 5.32 Å². The normalized spacial score (nSPS) is 15.9. The van der Waals surface area contributed by atoms with Crippen LogP contribution in [0.25, 0.3) is 0 Å². The molecule has 0 aromatic carbocycles. The molecule has 1 amide bonds.